The Morgan fingerprint density at radius 1 is 1.09 bits per heavy atom. The van der Waals surface area contributed by atoms with Gasteiger partial charge in [0.05, 0.1) is 19.8 Å². The second-order valence-electron chi connectivity index (χ2n) is 5.01. The molecule has 4 heteroatoms. The van der Waals surface area contributed by atoms with Crippen molar-refractivity contribution >= 4 is 27.4 Å². The molecule has 0 unspecified atom stereocenters. The van der Waals surface area contributed by atoms with Gasteiger partial charge in [0.25, 0.3) is 0 Å². The maximum absolute atomic E-state index is 11.9. The number of aryl methyl sites for hydroxylation is 1. The lowest BCUT2D eigenvalue weighted by atomic mass is 10.1. The fraction of sp³-hybridized carbons (Fsp3) is 0.167. The van der Waals surface area contributed by atoms with Crippen LogP contribution in [0.25, 0.3) is 20.5 Å². The van der Waals surface area contributed by atoms with Crippen molar-refractivity contribution in [2.45, 2.75) is 6.92 Å². The molecule has 0 atom stereocenters. The Morgan fingerprint density at radius 2 is 1.91 bits per heavy atom. The smallest absolute Gasteiger partial charge is 0.339 e. The SMILES string of the molecule is COC(=O)c1cccc2cc(-c3ccc(OC)cc3C)sc12. The maximum Gasteiger partial charge on any atom is 0.339 e. The Kier molecular flexibility index (Phi) is 3.86. The average Bonchev–Trinajstić information content (AvgIpc) is 2.97. The van der Waals surface area contributed by atoms with E-state index in [-0.39, 0.29) is 5.97 Å². The molecule has 0 saturated heterocycles. The number of fused-ring (bicyclic) bond motifs is 1. The van der Waals surface area contributed by atoms with Crippen LogP contribution in [-0.4, -0.2) is 20.2 Å². The second-order valence-corrected chi connectivity index (χ2v) is 6.06. The lowest BCUT2D eigenvalue weighted by Gasteiger charge is -2.05. The number of methoxy groups -OCH3 is 2. The number of ether oxygens (including phenoxy) is 2. The van der Waals surface area contributed by atoms with Gasteiger partial charge in [-0.2, -0.15) is 0 Å². The van der Waals surface area contributed by atoms with Crippen LogP contribution < -0.4 is 4.74 Å². The summed E-state index contributed by atoms with van der Waals surface area (Å²) in [6.45, 7) is 2.06. The quantitative estimate of drug-likeness (QED) is 0.659. The van der Waals surface area contributed by atoms with Crippen LogP contribution in [0.2, 0.25) is 0 Å². The van der Waals surface area contributed by atoms with Gasteiger partial charge in [0.1, 0.15) is 5.75 Å². The molecule has 0 radical (unpaired) electrons. The van der Waals surface area contributed by atoms with Crippen molar-refractivity contribution in [2.75, 3.05) is 14.2 Å². The summed E-state index contributed by atoms with van der Waals surface area (Å²) in [6, 6.07) is 13.8. The summed E-state index contributed by atoms with van der Waals surface area (Å²) in [4.78, 5) is 13.0. The van der Waals surface area contributed by atoms with Crippen LogP contribution in [-0.2, 0) is 4.74 Å². The summed E-state index contributed by atoms with van der Waals surface area (Å²) in [5, 5.41) is 1.05. The van der Waals surface area contributed by atoms with Gasteiger partial charge in [0, 0.05) is 9.58 Å². The highest BCUT2D eigenvalue weighted by Crippen LogP contribution is 2.37. The minimum Gasteiger partial charge on any atom is -0.497 e. The lowest BCUT2D eigenvalue weighted by molar-refractivity contribution is 0.0603. The summed E-state index contributed by atoms with van der Waals surface area (Å²) >= 11 is 1.61. The molecule has 0 N–H and O–H groups in total. The van der Waals surface area contributed by atoms with Crippen molar-refractivity contribution < 1.29 is 14.3 Å². The molecule has 0 aliphatic rings. The third kappa shape index (κ3) is 2.46. The molecule has 1 aromatic heterocycles. The van der Waals surface area contributed by atoms with Crippen LogP contribution in [0.1, 0.15) is 15.9 Å². The third-order valence-corrected chi connectivity index (χ3v) is 4.87. The Hall–Kier alpha value is -2.33. The standard InChI is InChI=1S/C18H16O3S/c1-11-9-13(20-2)7-8-14(11)16-10-12-5-4-6-15(17(12)22-16)18(19)21-3/h4-10H,1-3H3. The molecule has 0 aliphatic heterocycles. The maximum atomic E-state index is 11.9. The highest BCUT2D eigenvalue weighted by atomic mass is 32.1. The molecule has 2 aromatic carbocycles. The van der Waals surface area contributed by atoms with Crippen molar-refractivity contribution in [3.05, 3.63) is 53.6 Å². The van der Waals surface area contributed by atoms with E-state index in [4.69, 9.17) is 9.47 Å². The van der Waals surface area contributed by atoms with E-state index in [1.165, 1.54) is 7.11 Å². The number of esters is 1. The first-order chi connectivity index (χ1) is 10.6. The monoisotopic (exact) mass is 312 g/mol. The molecule has 0 aliphatic carbocycles. The third-order valence-electron chi connectivity index (χ3n) is 3.65. The lowest BCUT2D eigenvalue weighted by Crippen LogP contribution is -2.00. The van der Waals surface area contributed by atoms with Gasteiger partial charge in [-0.1, -0.05) is 12.1 Å². The summed E-state index contributed by atoms with van der Waals surface area (Å²) in [5.41, 5.74) is 2.91. The number of hydrogen-bond acceptors (Lipinski definition) is 4. The molecule has 0 saturated carbocycles. The number of thiophene rings is 1. The van der Waals surface area contributed by atoms with Gasteiger partial charge in [-0.25, -0.2) is 4.79 Å². The predicted octanol–water partition coefficient (Wildman–Crippen LogP) is 4.67. The van der Waals surface area contributed by atoms with Crippen molar-refractivity contribution in [3.63, 3.8) is 0 Å². The molecule has 0 fully saturated rings. The highest BCUT2D eigenvalue weighted by molar-refractivity contribution is 7.22. The van der Waals surface area contributed by atoms with Crippen LogP contribution in [0.3, 0.4) is 0 Å². The fourth-order valence-electron chi connectivity index (χ4n) is 2.51. The average molecular weight is 312 g/mol. The van der Waals surface area contributed by atoms with Gasteiger partial charge in [0.2, 0.25) is 0 Å². The molecule has 0 bridgehead atoms. The van der Waals surface area contributed by atoms with Crippen LogP contribution in [0.15, 0.2) is 42.5 Å². The van der Waals surface area contributed by atoms with E-state index >= 15 is 0 Å². The van der Waals surface area contributed by atoms with Gasteiger partial charge in [-0.05, 0) is 53.8 Å². The van der Waals surface area contributed by atoms with E-state index in [0.29, 0.717) is 5.56 Å². The molecule has 22 heavy (non-hydrogen) atoms. The Labute approximate surface area is 133 Å². The van der Waals surface area contributed by atoms with Crippen LogP contribution >= 0.6 is 11.3 Å². The molecule has 3 aromatic rings. The molecular formula is C18H16O3S. The van der Waals surface area contributed by atoms with Crippen molar-refractivity contribution in [3.8, 4) is 16.2 Å². The van der Waals surface area contributed by atoms with Gasteiger partial charge in [0.15, 0.2) is 0 Å². The van der Waals surface area contributed by atoms with Crippen molar-refractivity contribution in [2.24, 2.45) is 0 Å². The zero-order valence-electron chi connectivity index (χ0n) is 12.7. The first-order valence-electron chi connectivity index (χ1n) is 6.90. The van der Waals surface area contributed by atoms with Crippen molar-refractivity contribution in [1.82, 2.24) is 0 Å². The zero-order chi connectivity index (χ0) is 15.7. The van der Waals surface area contributed by atoms with Crippen LogP contribution in [0.4, 0.5) is 0 Å². The van der Waals surface area contributed by atoms with E-state index in [1.807, 2.05) is 24.3 Å². The summed E-state index contributed by atoms with van der Waals surface area (Å²) in [7, 11) is 3.07. The van der Waals surface area contributed by atoms with Crippen LogP contribution in [0, 0.1) is 6.92 Å². The molecule has 3 rings (SSSR count). The Bertz CT molecular complexity index is 849. The van der Waals surface area contributed by atoms with Crippen LogP contribution in [0.5, 0.6) is 5.75 Å². The molecule has 1 heterocycles. The van der Waals surface area contributed by atoms with E-state index in [9.17, 15) is 4.79 Å². The fourth-order valence-corrected chi connectivity index (χ4v) is 3.76. The summed E-state index contributed by atoms with van der Waals surface area (Å²) in [5.74, 6) is 0.545. The van der Waals surface area contributed by atoms with E-state index in [0.717, 1.165) is 31.8 Å². The number of hydrogen-bond donors (Lipinski definition) is 0. The zero-order valence-corrected chi connectivity index (χ0v) is 13.5. The molecule has 112 valence electrons. The summed E-state index contributed by atoms with van der Waals surface area (Å²) < 4.78 is 11.1. The van der Waals surface area contributed by atoms with Crippen molar-refractivity contribution in [1.29, 1.82) is 0 Å². The number of carbonyl (C=O) groups excluding carboxylic acids is 1. The Balaban J connectivity index is 2.15. The first-order valence-corrected chi connectivity index (χ1v) is 7.71. The van der Waals surface area contributed by atoms with E-state index in [1.54, 1.807) is 24.5 Å². The number of benzene rings is 2. The Morgan fingerprint density at radius 3 is 2.59 bits per heavy atom. The van der Waals surface area contributed by atoms with Gasteiger partial charge < -0.3 is 9.47 Å². The molecule has 0 spiro atoms. The summed E-state index contributed by atoms with van der Waals surface area (Å²) in [6.07, 6.45) is 0. The van der Waals surface area contributed by atoms with Gasteiger partial charge >= 0.3 is 5.97 Å². The second kappa shape index (κ2) is 5.81. The normalized spacial score (nSPS) is 10.7. The highest BCUT2D eigenvalue weighted by Gasteiger charge is 2.14. The minimum absolute atomic E-state index is 0.301. The van der Waals surface area contributed by atoms with E-state index < -0.39 is 0 Å². The van der Waals surface area contributed by atoms with E-state index in [2.05, 4.69) is 19.1 Å². The molecule has 0 amide bonds. The predicted molar refractivity (Wildman–Crippen MR) is 89.9 cm³/mol. The molecule has 3 nitrogen and oxygen atoms in total. The largest absolute Gasteiger partial charge is 0.497 e. The number of carbonyl (C=O) groups is 1. The minimum atomic E-state index is -0.301. The topological polar surface area (TPSA) is 35.5 Å². The van der Waals surface area contributed by atoms with Gasteiger partial charge in [-0.3, -0.25) is 0 Å². The number of rotatable bonds is 3. The first kappa shape index (κ1) is 14.6. The molecular weight excluding hydrogens is 296 g/mol. The van der Waals surface area contributed by atoms with Gasteiger partial charge in [-0.15, -0.1) is 11.3 Å².